The average molecular weight is 224 g/mol. The van der Waals surface area contributed by atoms with E-state index in [-0.39, 0.29) is 17.4 Å². The van der Waals surface area contributed by atoms with Gasteiger partial charge in [-0.15, -0.1) is 0 Å². The van der Waals surface area contributed by atoms with Gasteiger partial charge in [-0.05, 0) is 19.1 Å². The molecule has 0 aliphatic rings. The zero-order valence-electron chi connectivity index (χ0n) is 9.36. The van der Waals surface area contributed by atoms with Crippen molar-refractivity contribution in [3.05, 3.63) is 23.8 Å². The van der Waals surface area contributed by atoms with E-state index in [1.807, 2.05) is 6.92 Å². The zero-order valence-corrected chi connectivity index (χ0v) is 9.36. The number of nitrogens with two attached hydrogens (primary N) is 1. The number of nitrogen functional groups attached to an aromatic ring is 1. The summed E-state index contributed by atoms with van der Waals surface area (Å²) in [5.41, 5.74) is 6.70. The van der Waals surface area contributed by atoms with Crippen LogP contribution in [0.15, 0.2) is 18.2 Å². The predicted octanol–water partition coefficient (Wildman–Crippen LogP) is 1.41. The van der Waals surface area contributed by atoms with Crippen LogP contribution in [-0.2, 0) is 4.74 Å². The van der Waals surface area contributed by atoms with Crippen LogP contribution in [0.1, 0.15) is 17.3 Å². The van der Waals surface area contributed by atoms with Crippen LogP contribution in [0.25, 0.3) is 0 Å². The van der Waals surface area contributed by atoms with Crippen LogP contribution in [0, 0.1) is 0 Å². The first-order chi connectivity index (χ1) is 7.56. The van der Waals surface area contributed by atoms with Crippen LogP contribution in [0.4, 0.5) is 11.4 Å². The Morgan fingerprint density at radius 2 is 2.31 bits per heavy atom. The Kier molecular flexibility index (Phi) is 4.13. The largest absolute Gasteiger partial charge is 0.478 e. The minimum absolute atomic E-state index is 0.0351. The van der Waals surface area contributed by atoms with Crippen molar-refractivity contribution in [2.45, 2.75) is 13.0 Å². The lowest BCUT2D eigenvalue weighted by molar-refractivity contribution is 0.0698. The molecule has 16 heavy (non-hydrogen) atoms. The summed E-state index contributed by atoms with van der Waals surface area (Å²) in [7, 11) is 1.61. The number of ether oxygens (including phenoxy) is 1. The van der Waals surface area contributed by atoms with Crippen LogP contribution in [0.3, 0.4) is 0 Å². The first-order valence-corrected chi connectivity index (χ1v) is 4.94. The molecule has 0 spiro atoms. The van der Waals surface area contributed by atoms with Gasteiger partial charge in [0.05, 0.1) is 23.0 Å². The van der Waals surface area contributed by atoms with Gasteiger partial charge >= 0.3 is 5.97 Å². The summed E-state index contributed by atoms with van der Waals surface area (Å²) in [6.45, 7) is 2.48. The second-order valence-corrected chi connectivity index (χ2v) is 3.50. The quantitative estimate of drug-likeness (QED) is 0.658. The number of benzene rings is 1. The van der Waals surface area contributed by atoms with E-state index in [4.69, 9.17) is 15.6 Å². The lowest BCUT2D eigenvalue weighted by Crippen LogP contribution is -2.19. The highest BCUT2D eigenvalue weighted by atomic mass is 16.5. The van der Waals surface area contributed by atoms with Gasteiger partial charge < -0.3 is 20.9 Å². The van der Waals surface area contributed by atoms with Crippen molar-refractivity contribution < 1.29 is 14.6 Å². The minimum atomic E-state index is -1.03. The highest BCUT2D eigenvalue weighted by Crippen LogP contribution is 2.22. The van der Waals surface area contributed by atoms with Crippen LogP contribution < -0.4 is 11.1 Å². The normalized spacial score (nSPS) is 12.1. The van der Waals surface area contributed by atoms with Gasteiger partial charge in [0.25, 0.3) is 0 Å². The number of hydrogen-bond acceptors (Lipinski definition) is 4. The number of para-hydroxylation sites is 1. The number of methoxy groups -OCH3 is 1. The molecular formula is C11H16N2O3. The van der Waals surface area contributed by atoms with E-state index in [2.05, 4.69) is 5.32 Å². The highest BCUT2D eigenvalue weighted by molar-refractivity contribution is 5.97. The van der Waals surface area contributed by atoms with Crippen LogP contribution >= 0.6 is 0 Å². The number of aromatic carboxylic acids is 1. The van der Waals surface area contributed by atoms with Crippen LogP contribution in [0.2, 0.25) is 0 Å². The molecule has 5 nitrogen and oxygen atoms in total. The maximum absolute atomic E-state index is 10.8. The summed E-state index contributed by atoms with van der Waals surface area (Å²) in [6.07, 6.45) is 0.0351. The molecule has 0 aromatic heterocycles. The lowest BCUT2D eigenvalue weighted by Gasteiger charge is -2.14. The molecule has 1 aromatic carbocycles. The fourth-order valence-electron chi connectivity index (χ4n) is 1.24. The van der Waals surface area contributed by atoms with Crippen molar-refractivity contribution in [2.75, 3.05) is 24.7 Å². The minimum Gasteiger partial charge on any atom is -0.478 e. The standard InChI is InChI=1S/C11H16N2O3/c1-7(16-2)6-13-9-5-3-4-8(10(9)12)11(14)15/h3-5,7,13H,6,12H2,1-2H3,(H,14,15). The Bertz CT molecular complexity index is 379. The third-order valence-corrected chi connectivity index (χ3v) is 2.32. The summed E-state index contributed by atoms with van der Waals surface area (Å²) in [4.78, 5) is 10.8. The molecular weight excluding hydrogens is 208 g/mol. The number of rotatable bonds is 5. The predicted molar refractivity (Wildman–Crippen MR) is 62.8 cm³/mol. The van der Waals surface area contributed by atoms with E-state index in [0.717, 1.165) is 0 Å². The van der Waals surface area contributed by atoms with E-state index in [1.165, 1.54) is 6.07 Å². The third-order valence-electron chi connectivity index (χ3n) is 2.32. The fourth-order valence-corrected chi connectivity index (χ4v) is 1.24. The third kappa shape index (κ3) is 2.87. The van der Waals surface area contributed by atoms with Gasteiger partial charge in [-0.3, -0.25) is 0 Å². The van der Waals surface area contributed by atoms with Crippen molar-refractivity contribution in [1.82, 2.24) is 0 Å². The van der Waals surface area contributed by atoms with E-state index in [9.17, 15) is 4.79 Å². The van der Waals surface area contributed by atoms with Crippen molar-refractivity contribution >= 4 is 17.3 Å². The summed E-state index contributed by atoms with van der Waals surface area (Å²) in [5, 5.41) is 11.9. The molecule has 4 N–H and O–H groups in total. The molecule has 0 aliphatic carbocycles. The molecule has 5 heteroatoms. The molecule has 1 unspecified atom stereocenters. The van der Waals surface area contributed by atoms with E-state index >= 15 is 0 Å². The summed E-state index contributed by atoms with van der Waals surface area (Å²) >= 11 is 0. The molecule has 0 amide bonds. The van der Waals surface area contributed by atoms with Gasteiger partial charge in [0.2, 0.25) is 0 Å². The molecule has 0 saturated heterocycles. The van der Waals surface area contributed by atoms with Gasteiger partial charge in [0.15, 0.2) is 0 Å². The molecule has 1 atom stereocenters. The van der Waals surface area contributed by atoms with Gasteiger partial charge in [-0.2, -0.15) is 0 Å². The van der Waals surface area contributed by atoms with Crippen molar-refractivity contribution in [2.24, 2.45) is 0 Å². The Balaban J connectivity index is 2.81. The fraction of sp³-hybridized carbons (Fsp3) is 0.364. The smallest absolute Gasteiger partial charge is 0.337 e. The van der Waals surface area contributed by atoms with Gasteiger partial charge in [0.1, 0.15) is 0 Å². The number of nitrogens with one attached hydrogen (secondary N) is 1. The molecule has 0 aliphatic heterocycles. The monoisotopic (exact) mass is 224 g/mol. The van der Waals surface area contributed by atoms with Crippen molar-refractivity contribution in [1.29, 1.82) is 0 Å². The molecule has 1 rings (SSSR count). The summed E-state index contributed by atoms with van der Waals surface area (Å²) in [6, 6.07) is 4.87. The van der Waals surface area contributed by atoms with Gasteiger partial charge in [-0.1, -0.05) is 6.07 Å². The van der Waals surface area contributed by atoms with Crippen LogP contribution in [-0.4, -0.2) is 30.8 Å². The van der Waals surface area contributed by atoms with Crippen LogP contribution in [0.5, 0.6) is 0 Å². The average Bonchev–Trinajstić information content (AvgIpc) is 2.26. The summed E-state index contributed by atoms with van der Waals surface area (Å²) < 4.78 is 5.07. The first kappa shape index (κ1) is 12.3. The molecule has 88 valence electrons. The molecule has 0 fully saturated rings. The van der Waals surface area contributed by atoms with E-state index in [1.54, 1.807) is 19.2 Å². The number of carboxylic acid groups (broad SMARTS) is 1. The first-order valence-electron chi connectivity index (χ1n) is 4.94. The zero-order chi connectivity index (χ0) is 12.1. The molecule has 0 saturated carbocycles. The van der Waals surface area contributed by atoms with E-state index in [0.29, 0.717) is 12.2 Å². The second-order valence-electron chi connectivity index (χ2n) is 3.50. The van der Waals surface area contributed by atoms with Gasteiger partial charge in [0, 0.05) is 13.7 Å². The van der Waals surface area contributed by atoms with E-state index < -0.39 is 5.97 Å². The Labute approximate surface area is 94.2 Å². The SMILES string of the molecule is COC(C)CNc1cccc(C(=O)O)c1N. The number of carbonyl (C=O) groups is 1. The number of carboxylic acids is 1. The molecule has 0 radical (unpaired) electrons. The maximum Gasteiger partial charge on any atom is 0.337 e. The lowest BCUT2D eigenvalue weighted by atomic mass is 10.1. The highest BCUT2D eigenvalue weighted by Gasteiger charge is 2.11. The maximum atomic E-state index is 10.8. The van der Waals surface area contributed by atoms with Gasteiger partial charge in [-0.25, -0.2) is 4.79 Å². The second kappa shape index (κ2) is 5.37. The Hall–Kier alpha value is -1.75. The number of hydrogen-bond donors (Lipinski definition) is 3. The molecule has 0 heterocycles. The molecule has 0 bridgehead atoms. The van der Waals surface area contributed by atoms with Crippen molar-refractivity contribution in [3.63, 3.8) is 0 Å². The molecule has 1 aromatic rings. The Morgan fingerprint density at radius 3 is 2.88 bits per heavy atom. The number of anilines is 2. The Morgan fingerprint density at radius 1 is 1.62 bits per heavy atom. The topological polar surface area (TPSA) is 84.6 Å². The van der Waals surface area contributed by atoms with Crippen molar-refractivity contribution in [3.8, 4) is 0 Å². The summed E-state index contributed by atoms with van der Waals surface area (Å²) in [5.74, 6) is -1.03.